The molecule has 6 nitrogen and oxygen atoms in total. The number of nitrogens with zero attached hydrogens (tertiary/aromatic N) is 1. The Morgan fingerprint density at radius 3 is 2.49 bits per heavy atom. The van der Waals surface area contributed by atoms with Crippen molar-refractivity contribution in [1.82, 2.24) is 10.4 Å². The fourth-order valence-electron chi connectivity index (χ4n) is 4.10. The van der Waals surface area contributed by atoms with E-state index in [1.165, 1.54) is 18.3 Å². The number of benzene rings is 4. The Balaban J connectivity index is 1.46. The number of amides is 1. The fourth-order valence-corrected chi connectivity index (χ4v) is 6.79. The van der Waals surface area contributed by atoms with Crippen molar-refractivity contribution in [2.45, 2.75) is 0 Å². The molecule has 0 spiro atoms. The van der Waals surface area contributed by atoms with Crippen LogP contribution in [0.5, 0.6) is 5.75 Å². The smallest absolute Gasteiger partial charge is 0.345 e. The molecule has 12 heteroatoms. The lowest BCUT2D eigenvalue weighted by molar-refractivity contribution is 0.0733. The van der Waals surface area contributed by atoms with Gasteiger partial charge in [-0.25, -0.2) is 10.2 Å². The number of rotatable bonds is 6. The number of H-pyrrole nitrogens is 1. The molecular weight excluding hydrogens is 831 g/mol. The van der Waals surface area contributed by atoms with Gasteiger partial charge in [0, 0.05) is 40.2 Å². The zero-order valence-electron chi connectivity index (χ0n) is 20.4. The van der Waals surface area contributed by atoms with Crippen molar-refractivity contribution < 1.29 is 14.3 Å². The minimum Gasteiger partial charge on any atom is -0.421 e. The maximum Gasteiger partial charge on any atom is 0.345 e. The average molecular weight is 847 g/mol. The van der Waals surface area contributed by atoms with Gasteiger partial charge in [-0.2, -0.15) is 5.10 Å². The van der Waals surface area contributed by atoms with Crippen LogP contribution in [-0.2, 0) is 0 Å². The van der Waals surface area contributed by atoms with Gasteiger partial charge in [0.15, 0.2) is 5.75 Å². The Labute approximate surface area is 279 Å². The summed E-state index contributed by atoms with van der Waals surface area (Å²) in [5.74, 6) is -0.992. The van der Waals surface area contributed by atoms with Gasteiger partial charge in [0.05, 0.1) is 26.8 Å². The second-order valence-electron chi connectivity index (χ2n) is 8.54. The van der Waals surface area contributed by atoms with Gasteiger partial charge in [-0.15, -0.1) is 0 Å². The van der Waals surface area contributed by atoms with Crippen LogP contribution >= 0.6 is 89.3 Å². The van der Waals surface area contributed by atoms with E-state index in [0.29, 0.717) is 41.4 Å². The van der Waals surface area contributed by atoms with Gasteiger partial charge in [-0.3, -0.25) is 4.79 Å². The highest BCUT2D eigenvalue weighted by atomic mass is 127. The molecule has 0 bridgehead atoms. The SMILES string of the molecule is O=C(Oc1c(Br)cc(Br)cc1C=NNC(=O)c1[nH]c2c(I)cccc2c1-c1ccccc1Cl)c1ccc(Cl)cc1Cl. The van der Waals surface area contributed by atoms with Gasteiger partial charge in [0.25, 0.3) is 5.91 Å². The summed E-state index contributed by atoms with van der Waals surface area (Å²) in [5, 5.41) is 6.07. The number of esters is 1. The van der Waals surface area contributed by atoms with Crippen LogP contribution in [-0.4, -0.2) is 23.1 Å². The van der Waals surface area contributed by atoms with E-state index >= 15 is 0 Å². The van der Waals surface area contributed by atoms with E-state index in [1.54, 1.807) is 24.3 Å². The molecule has 0 aliphatic heterocycles. The number of carbonyl (C=O) groups is 2. The number of fused-ring (bicyclic) bond motifs is 1. The maximum atomic E-state index is 13.4. The molecule has 0 fully saturated rings. The van der Waals surface area contributed by atoms with Crippen LogP contribution in [0.15, 0.2) is 86.8 Å². The lowest BCUT2D eigenvalue weighted by atomic mass is 10.0. The van der Waals surface area contributed by atoms with Gasteiger partial charge in [-0.05, 0) is 81.0 Å². The van der Waals surface area contributed by atoms with Crippen LogP contribution in [0.3, 0.4) is 0 Å². The Kier molecular flexibility index (Phi) is 9.42. The molecule has 0 radical (unpaired) electrons. The van der Waals surface area contributed by atoms with E-state index in [1.807, 2.05) is 36.4 Å². The molecule has 1 heterocycles. The van der Waals surface area contributed by atoms with Crippen LogP contribution in [0.1, 0.15) is 26.4 Å². The molecule has 0 atom stereocenters. The number of halogens is 6. The first-order valence-corrected chi connectivity index (χ1v) is 15.5. The maximum absolute atomic E-state index is 13.4. The van der Waals surface area contributed by atoms with Crippen molar-refractivity contribution in [2.24, 2.45) is 5.10 Å². The Hall–Kier alpha value is -2.41. The molecule has 2 N–H and O–H groups in total. The molecule has 1 amide bonds. The minimum atomic E-state index is -0.689. The highest BCUT2D eigenvalue weighted by molar-refractivity contribution is 14.1. The Morgan fingerprint density at radius 1 is 0.951 bits per heavy atom. The third-order valence-electron chi connectivity index (χ3n) is 5.91. The van der Waals surface area contributed by atoms with E-state index in [2.05, 4.69) is 70.0 Å². The third kappa shape index (κ3) is 6.50. The standard InChI is InChI=1S/C29H15Br2Cl3IN3O3/c30-15-10-14(27(20(31)11-15)41-29(40)18-9-8-16(32)12-22(18)34)13-36-38-28(39)26-24(17-4-1-2-6-21(17)33)19-5-3-7-23(35)25(19)37-26/h1-13,37H,(H,38,39). The number of aromatic amines is 1. The van der Waals surface area contributed by atoms with Gasteiger partial charge in [-0.1, -0.05) is 81.1 Å². The number of carbonyl (C=O) groups excluding carboxylic acids is 2. The number of ether oxygens (including phenoxy) is 1. The summed E-state index contributed by atoms with van der Waals surface area (Å²) in [7, 11) is 0. The molecular formula is C29H15Br2Cl3IN3O3. The van der Waals surface area contributed by atoms with E-state index in [4.69, 9.17) is 39.5 Å². The van der Waals surface area contributed by atoms with Gasteiger partial charge < -0.3 is 9.72 Å². The predicted molar refractivity (Wildman–Crippen MR) is 180 cm³/mol. The zero-order valence-corrected chi connectivity index (χ0v) is 28.0. The first kappa shape index (κ1) is 30.1. The highest BCUT2D eigenvalue weighted by Gasteiger charge is 2.22. The lowest BCUT2D eigenvalue weighted by Crippen LogP contribution is -2.19. The molecule has 1 aromatic heterocycles. The monoisotopic (exact) mass is 843 g/mol. The van der Waals surface area contributed by atoms with Crippen molar-refractivity contribution in [1.29, 1.82) is 0 Å². The molecule has 0 saturated carbocycles. The molecule has 41 heavy (non-hydrogen) atoms. The van der Waals surface area contributed by atoms with Gasteiger partial charge >= 0.3 is 5.97 Å². The summed E-state index contributed by atoms with van der Waals surface area (Å²) in [6.45, 7) is 0. The Morgan fingerprint density at radius 2 is 1.73 bits per heavy atom. The molecule has 206 valence electrons. The summed E-state index contributed by atoms with van der Waals surface area (Å²) < 4.78 is 7.77. The van der Waals surface area contributed by atoms with Crippen LogP contribution in [0.4, 0.5) is 0 Å². The second-order valence-corrected chi connectivity index (χ2v) is 12.7. The fraction of sp³-hybridized carbons (Fsp3) is 0. The quantitative estimate of drug-likeness (QED) is 0.0587. The van der Waals surface area contributed by atoms with Crippen LogP contribution in [0, 0.1) is 3.57 Å². The summed E-state index contributed by atoms with van der Waals surface area (Å²) in [6.07, 6.45) is 1.38. The third-order valence-corrected chi connectivity index (χ3v) is 8.73. The molecule has 0 unspecified atom stereocenters. The Bertz CT molecular complexity index is 1880. The number of nitrogens with one attached hydrogen (secondary N) is 2. The molecule has 0 aliphatic rings. The summed E-state index contributed by atoms with van der Waals surface area (Å²) in [4.78, 5) is 29.6. The van der Waals surface area contributed by atoms with Gasteiger partial charge in [0.1, 0.15) is 5.69 Å². The minimum absolute atomic E-state index is 0.141. The van der Waals surface area contributed by atoms with E-state index in [-0.39, 0.29) is 16.3 Å². The highest BCUT2D eigenvalue weighted by Crippen LogP contribution is 2.38. The first-order valence-electron chi connectivity index (χ1n) is 11.7. The van der Waals surface area contributed by atoms with Gasteiger partial charge in [0.2, 0.25) is 0 Å². The zero-order chi connectivity index (χ0) is 29.3. The average Bonchev–Trinajstić information content (AvgIpc) is 3.31. The number of hydrazone groups is 1. The number of aromatic nitrogens is 1. The number of hydrogen-bond acceptors (Lipinski definition) is 4. The van der Waals surface area contributed by atoms with E-state index in [0.717, 1.165) is 14.5 Å². The van der Waals surface area contributed by atoms with Crippen molar-refractivity contribution in [3.8, 4) is 16.9 Å². The van der Waals surface area contributed by atoms with Crippen molar-refractivity contribution in [2.75, 3.05) is 0 Å². The van der Waals surface area contributed by atoms with E-state index in [9.17, 15) is 9.59 Å². The number of hydrogen-bond donors (Lipinski definition) is 2. The molecule has 5 rings (SSSR count). The lowest BCUT2D eigenvalue weighted by Gasteiger charge is -2.11. The first-order chi connectivity index (χ1) is 19.6. The predicted octanol–water partition coefficient (Wildman–Crippen LogP) is 9.91. The molecule has 0 aliphatic carbocycles. The molecule has 5 aromatic rings. The molecule has 4 aromatic carbocycles. The summed E-state index contributed by atoms with van der Waals surface area (Å²) in [6, 6.07) is 21.0. The normalized spacial score (nSPS) is 11.3. The second kappa shape index (κ2) is 12.8. The van der Waals surface area contributed by atoms with Crippen molar-refractivity contribution >= 4 is 118 Å². The van der Waals surface area contributed by atoms with Crippen molar-refractivity contribution in [3.05, 3.63) is 117 Å². The van der Waals surface area contributed by atoms with Crippen molar-refractivity contribution in [3.63, 3.8) is 0 Å². The molecule has 0 saturated heterocycles. The van der Waals surface area contributed by atoms with Crippen LogP contribution < -0.4 is 10.2 Å². The summed E-state index contributed by atoms with van der Waals surface area (Å²) >= 11 is 27.7. The number of para-hydroxylation sites is 1. The largest absolute Gasteiger partial charge is 0.421 e. The van der Waals surface area contributed by atoms with Crippen LogP contribution in [0.25, 0.3) is 22.0 Å². The summed E-state index contributed by atoms with van der Waals surface area (Å²) in [5.41, 5.74) is 5.60. The van der Waals surface area contributed by atoms with Crippen LogP contribution in [0.2, 0.25) is 15.1 Å². The topological polar surface area (TPSA) is 83.5 Å². The van der Waals surface area contributed by atoms with E-state index < -0.39 is 11.9 Å².